The van der Waals surface area contributed by atoms with Crippen molar-refractivity contribution in [3.8, 4) is 0 Å². The molecule has 0 spiro atoms. The smallest absolute Gasteiger partial charge is 0.352 e. The lowest BCUT2D eigenvalue weighted by molar-refractivity contribution is -0.142. The number of unbranched alkanes of at least 4 members (excludes halogenated alkanes) is 1. The van der Waals surface area contributed by atoms with Crippen LogP contribution in [-0.2, 0) is 44.8 Å². The van der Waals surface area contributed by atoms with Crippen LogP contribution in [0.1, 0.15) is 80.1 Å². The zero-order valence-corrected chi connectivity index (χ0v) is 38.1. The van der Waals surface area contributed by atoms with Crippen LogP contribution in [0.5, 0.6) is 0 Å². The number of carboxylic acids is 1. The standard InChI is InChI=1S/C42H69N15O11/c43-14-2-1-9-27(37(63)55-30(41(67)68)11-5-17-50-42(48)49)54-38(64)31(20-24-7-3-8-25(19-24)35(47)61)56-39(65)32-12-6-18-57(32)40(66)29(10-4-15-44)53-34(60)23-51-36(62)28(13-16-45)52-33(59)21-26(58)22-46/h3,7-8,11,19,26-29,31-32,58H,1-2,4-6,9-10,12-18,20-23,43-46H2,(H2,47,61)(H,51,62)(H,52,59)(H,53,60)(H,54,64)(H,55,63)(H,56,65)(H,67,68)(H4,48,49,50)/b30-11-/t26-,27+,28+,29-,31+,32+/m1/s1. The molecule has 1 aromatic rings. The average Bonchev–Trinajstić information content (AvgIpc) is 3.80. The van der Waals surface area contributed by atoms with Gasteiger partial charge >= 0.3 is 5.97 Å². The molecule has 1 aliphatic rings. The van der Waals surface area contributed by atoms with Gasteiger partial charge in [-0.2, -0.15) is 0 Å². The summed E-state index contributed by atoms with van der Waals surface area (Å²) in [6.45, 7) is -0.205. The van der Waals surface area contributed by atoms with E-state index in [0.29, 0.717) is 24.8 Å². The maximum absolute atomic E-state index is 14.2. The van der Waals surface area contributed by atoms with Crippen molar-refractivity contribution in [1.29, 1.82) is 5.41 Å². The van der Waals surface area contributed by atoms with Crippen molar-refractivity contribution in [2.24, 2.45) is 34.4 Å². The molecular formula is C42H69N15O11. The van der Waals surface area contributed by atoms with Gasteiger partial charge in [0.25, 0.3) is 0 Å². The SMILES string of the molecule is N=C(N)NCC/C=C(\NC(=O)[C@H](CCCCN)NC(=O)[C@H](Cc1cccc(C(N)=O)c1)NC(=O)[C@@H]1CCCN1C(=O)[C@@H](CCCN)NC(=O)CNC(=O)[C@H](CCN)NC(=O)C[C@@H](O)CN)C(=O)O. The van der Waals surface area contributed by atoms with E-state index in [9.17, 15) is 53.4 Å². The number of hydrogen-bond acceptors (Lipinski definition) is 15. The Kier molecular flexibility index (Phi) is 25.8. The number of rotatable bonds is 31. The van der Waals surface area contributed by atoms with Crippen LogP contribution in [0.4, 0.5) is 0 Å². The Morgan fingerprint density at radius 2 is 1.46 bits per heavy atom. The van der Waals surface area contributed by atoms with Gasteiger partial charge in [0.05, 0.1) is 19.1 Å². The average molecular weight is 960 g/mol. The minimum atomic E-state index is -1.48. The number of nitrogens with one attached hydrogen (secondary N) is 8. The van der Waals surface area contributed by atoms with Crippen molar-refractivity contribution in [1.82, 2.24) is 42.1 Å². The molecule has 378 valence electrons. The minimum Gasteiger partial charge on any atom is -0.477 e. The quantitative estimate of drug-likeness (QED) is 0.0143. The maximum Gasteiger partial charge on any atom is 0.352 e. The van der Waals surface area contributed by atoms with Crippen molar-refractivity contribution in [2.45, 2.75) is 107 Å². The molecule has 8 amide bonds. The molecule has 0 radical (unpaired) electrons. The van der Waals surface area contributed by atoms with Gasteiger partial charge in [-0.3, -0.25) is 43.8 Å². The van der Waals surface area contributed by atoms with Crippen molar-refractivity contribution in [3.63, 3.8) is 0 Å². The van der Waals surface area contributed by atoms with E-state index in [1.54, 1.807) is 6.07 Å². The van der Waals surface area contributed by atoms with Gasteiger partial charge in [0.15, 0.2) is 5.96 Å². The van der Waals surface area contributed by atoms with Gasteiger partial charge in [-0.15, -0.1) is 0 Å². The first kappa shape index (κ1) is 57.4. The molecule has 1 aliphatic heterocycles. The van der Waals surface area contributed by atoms with Crippen LogP contribution >= 0.6 is 0 Å². The molecule has 26 heteroatoms. The van der Waals surface area contributed by atoms with Crippen LogP contribution in [0.3, 0.4) is 0 Å². The molecule has 6 atom stereocenters. The number of nitrogens with zero attached hydrogens (tertiary/aromatic N) is 1. The fraction of sp³-hybridized carbons (Fsp3) is 0.571. The number of primary amides is 1. The normalized spacial score (nSPS) is 15.6. The first-order chi connectivity index (χ1) is 32.3. The van der Waals surface area contributed by atoms with Crippen molar-refractivity contribution >= 4 is 59.2 Å². The highest BCUT2D eigenvalue weighted by molar-refractivity contribution is 5.99. The summed E-state index contributed by atoms with van der Waals surface area (Å²) in [4.78, 5) is 120. The van der Waals surface area contributed by atoms with Gasteiger partial charge < -0.3 is 86.7 Å². The third-order valence-electron chi connectivity index (χ3n) is 10.6. The van der Waals surface area contributed by atoms with Gasteiger partial charge in [-0.1, -0.05) is 18.2 Å². The Balaban J connectivity index is 2.36. The molecule has 1 aromatic carbocycles. The molecule has 0 saturated carbocycles. The number of guanidine groups is 1. The Hall–Kier alpha value is -6.74. The van der Waals surface area contributed by atoms with E-state index in [1.165, 1.54) is 29.2 Å². The third-order valence-corrected chi connectivity index (χ3v) is 10.6. The second-order valence-electron chi connectivity index (χ2n) is 16.0. The summed E-state index contributed by atoms with van der Waals surface area (Å²) < 4.78 is 0. The van der Waals surface area contributed by atoms with Crippen LogP contribution in [0.2, 0.25) is 0 Å². The Morgan fingerprint density at radius 1 is 0.779 bits per heavy atom. The summed E-state index contributed by atoms with van der Waals surface area (Å²) in [5.41, 5.74) is 33.2. The van der Waals surface area contributed by atoms with Gasteiger partial charge in [0.2, 0.25) is 47.3 Å². The third kappa shape index (κ3) is 20.4. The Labute approximate surface area is 393 Å². The summed E-state index contributed by atoms with van der Waals surface area (Å²) in [5, 5.41) is 44.3. The topological polar surface area (TPSA) is 462 Å². The molecule has 1 heterocycles. The summed E-state index contributed by atoms with van der Waals surface area (Å²) in [6, 6.07) is -0.271. The first-order valence-electron chi connectivity index (χ1n) is 22.3. The van der Waals surface area contributed by atoms with Gasteiger partial charge in [0, 0.05) is 31.6 Å². The number of carbonyl (C=O) groups excluding carboxylic acids is 8. The van der Waals surface area contributed by atoms with Crippen LogP contribution in [-0.4, -0.2) is 156 Å². The molecule has 0 aliphatic carbocycles. The maximum atomic E-state index is 14.2. The molecule has 0 aromatic heterocycles. The predicted molar refractivity (Wildman–Crippen MR) is 247 cm³/mol. The summed E-state index contributed by atoms with van der Waals surface area (Å²) in [6.07, 6.45) is 1.19. The zero-order valence-electron chi connectivity index (χ0n) is 38.1. The van der Waals surface area contributed by atoms with Gasteiger partial charge in [0.1, 0.15) is 35.9 Å². The van der Waals surface area contributed by atoms with Gasteiger partial charge in [-0.05, 0) is 95.1 Å². The molecule has 0 bridgehead atoms. The number of hydrogen-bond donors (Lipinski definition) is 16. The fourth-order valence-corrected chi connectivity index (χ4v) is 7.04. The highest BCUT2D eigenvalue weighted by atomic mass is 16.4. The van der Waals surface area contributed by atoms with E-state index in [0.717, 1.165) is 0 Å². The number of likely N-dealkylation sites (tertiary alicyclic amines) is 1. The van der Waals surface area contributed by atoms with Crippen molar-refractivity contribution in [3.05, 3.63) is 47.2 Å². The predicted octanol–water partition coefficient (Wildman–Crippen LogP) is -5.74. The summed E-state index contributed by atoms with van der Waals surface area (Å²) >= 11 is 0. The molecule has 1 fully saturated rings. The van der Waals surface area contributed by atoms with Crippen LogP contribution in [0.15, 0.2) is 36.0 Å². The second kappa shape index (κ2) is 30.5. The number of benzene rings is 1. The number of carbonyl (C=O) groups is 9. The van der Waals surface area contributed by atoms with Crippen LogP contribution in [0, 0.1) is 5.41 Å². The molecule has 2 rings (SSSR count). The van der Waals surface area contributed by atoms with Crippen LogP contribution in [0.25, 0.3) is 0 Å². The molecular weight excluding hydrogens is 891 g/mol. The number of amides is 8. The fourth-order valence-electron chi connectivity index (χ4n) is 7.04. The lowest BCUT2D eigenvalue weighted by atomic mass is 10.0. The minimum absolute atomic E-state index is 0.00206. The monoisotopic (exact) mass is 960 g/mol. The van der Waals surface area contributed by atoms with E-state index < -0.39 is 102 Å². The highest BCUT2D eigenvalue weighted by Gasteiger charge is 2.39. The number of nitrogens with two attached hydrogens (primary N) is 6. The van der Waals surface area contributed by atoms with E-state index in [-0.39, 0.29) is 102 Å². The van der Waals surface area contributed by atoms with E-state index in [2.05, 4.69) is 37.2 Å². The first-order valence-corrected chi connectivity index (χ1v) is 22.3. The van der Waals surface area contributed by atoms with E-state index in [4.69, 9.17) is 39.8 Å². The molecule has 22 N–H and O–H groups in total. The largest absolute Gasteiger partial charge is 0.477 e. The van der Waals surface area contributed by atoms with E-state index >= 15 is 0 Å². The Morgan fingerprint density at radius 3 is 2.09 bits per heavy atom. The molecule has 0 unspecified atom stereocenters. The molecule has 1 saturated heterocycles. The van der Waals surface area contributed by atoms with Crippen molar-refractivity contribution in [2.75, 3.05) is 45.8 Å². The zero-order chi connectivity index (χ0) is 50.8. The summed E-state index contributed by atoms with van der Waals surface area (Å²) in [5.74, 6) is -7.92. The Bertz CT molecular complexity index is 1950. The highest BCUT2D eigenvalue weighted by Crippen LogP contribution is 2.21. The number of aliphatic hydroxyl groups is 1. The van der Waals surface area contributed by atoms with Crippen molar-refractivity contribution < 1.29 is 53.4 Å². The number of aliphatic hydroxyl groups excluding tert-OH is 1. The lowest BCUT2D eigenvalue weighted by Gasteiger charge is -2.30. The molecule has 68 heavy (non-hydrogen) atoms. The van der Waals surface area contributed by atoms with Crippen LogP contribution < -0.4 is 71.6 Å². The second-order valence-corrected chi connectivity index (χ2v) is 16.0. The molecule has 26 nitrogen and oxygen atoms in total. The summed E-state index contributed by atoms with van der Waals surface area (Å²) in [7, 11) is 0. The lowest BCUT2D eigenvalue weighted by Crippen LogP contribution is -2.58. The van der Waals surface area contributed by atoms with Gasteiger partial charge in [-0.25, -0.2) is 4.79 Å². The number of aliphatic carboxylic acids is 1. The number of carboxylic acid groups (broad SMARTS) is 1. The van der Waals surface area contributed by atoms with E-state index in [1.807, 2.05) is 0 Å².